The Balaban J connectivity index is 1.88. The van der Waals surface area contributed by atoms with E-state index in [0.717, 1.165) is 6.42 Å². The van der Waals surface area contributed by atoms with Gasteiger partial charge in [0.2, 0.25) is 0 Å². The molecule has 4 nitrogen and oxygen atoms in total. The Morgan fingerprint density at radius 1 is 1.25 bits per heavy atom. The van der Waals surface area contributed by atoms with E-state index in [1.54, 1.807) is 12.4 Å². The average molecular weight is 271 g/mol. The molecule has 2 aromatic heterocycles. The summed E-state index contributed by atoms with van der Waals surface area (Å²) in [6.07, 6.45) is 8.18. The molecule has 0 atom stereocenters. The van der Waals surface area contributed by atoms with Crippen LogP contribution in [0.2, 0.25) is 0 Å². The molecular weight excluding hydrogens is 250 g/mol. The van der Waals surface area contributed by atoms with E-state index < -0.39 is 0 Å². The van der Waals surface area contributed by atoms with Gasteiger partial charge in [-0.1, -0.05) is 0 Å². The lowest BCUT2D eigenvalue weighted by atomic mass is 10.1. The summed E-state index contributed by atoms with van der Waals surface area (Å²) in [6.45, 7) is 6.96. The van der Waals surface area contributed by atoms with Crippen molar-refractivity contribution in [2.45, 2.75) is 32.7 Å². The summed E-state index contributed by atoms with van der Waals surface area (Å²) in [5.74, 6) is -0.0259. The summed E-state index contributed by atoms with van der Waals surface area (Å²) in [7, 11) is 0. The minimum Gasteiger partial charge on any atom is -0.352 e. The highest BCUT2D eigenvalue weighted by atomic mass is 16.1. The smallest absolute Gasteiger partial charge is 0.252 e. The number of carbonyl (C=O) groups excluding carboxylic acids is 1. The number of nitrogens with one attached hydrogen (secondary N) is 1. The maximum Gasteiger partial charge on any atom is 0.252 e. The van der Waals surface area contributed by atoms with E-state index in [-0.39, 0.29) is 11.4 Å². The summed E-state index contributed by atoms with van der Waals surface area (Å²) in [6, 6.07) is 5.78. The van der Waals surface area contributed by atoms with Crippen LogP contribution in [-0.2, 0) is 12.0 Å². The van der Waals surface area contributed by atoms with Crippen LogP contribution in [0.25, 0.3) is 0 Å². The van der Waals surface area contributed by atoms with Crippen LogP contribution in [0.1, 0.15) is 36.7 Å². The number of hydrogen-bond acceptors (Lipinski definition) is 2. The Kier molecular flexibility index (Phi) is 4.23. The third-order valence-electron chi connectivity index (χ3n) is 3.18. The molecule has 0 bridgehead atoms. The second kappa shape index (κ2) is 5.90. The lowest BCUT2D eigenvalue weighted by Gasteiger charge is -2.20. The van der Waals surface area contributed by atoms with Gasteiger partial charge in [0.1, 0.15) is 0 Å². The molecule has 2 heterocycles. The van der Waals surface area contributed by atoms with E-state index in [1.165, 1.54) is 5.56 Å². The molecule has 0 aliphatic carbocycles. The molecule has 1 amide bonds. The minimum absolute atomic E-state index is 0.00440. The second-order valence-electron chi connectivity index (χ2n) is 5.84. The summed E-state index contributed by atoms with van der Waals surface area (Å²) in [4.78, 5) is 16.0. The molecule has 1 N–H and O–H groups in total. The van der Waals surface area contributed by atoms with Gasteiger partial charge in [-0.05, 0) is 51.0 Å². The summed E-state index contributed by atoms with van der Waals surface area (Å²) >= 11 is 0. The lowest BCUT2D eigenvalue weighted by Crippen LogP contribution is -2.26. The van der Waals surface area contributed by atoms with Crippen molar-refractivity contribution in [3.63, 3.8) is 0 Å². The molecule has 4 heteroatoms. The van der Waals surface area contributed by atoms with Gasteiger partial charge in [0.15, 0.2) is 0 Å². The predicted molar refractivity (Wildman–Crippen MR) is 79.7 cm³/mol. The summed E-state index contributed by atoms with van der Waals surface area (Å²) in [5, 5.41) is 2.94. The maximum atomic E-state index is 12.0. The number of amides is 1. The molecule has 0 fully saturated rings. The van der Waals surface area contributed by atoms with Crippen molar-refractivity contribution in [3.05, 3.63) is 54.1 Å². The minimum atomic E-state index is -0.0259. The van der Waals surface area contributed by atoms with Gasteiger partial charge in [0.05, 0.1) is 5.56 Å². The molecule has 2 aromatic rings. The van der Waals surface area contributed by atoms with Crippen LogP contribution >= 0.6 is 0 Å². The normalized spacial score (nSPS) is 11.3. The van der Waals surface area contributed by atoms with Crippen molar-refractivity contribution >= 4 is 5.91 Å². The van der Waals surface area contributed by atoms with E-state index in [2.05, 4.69) is 31.1 Å². The van der Waals surface area contributed by atoms with Gasteiger partial charge < -0.3 is 9.88 Å². The average Bonchev–Trinajstić information content (AvgIpc) is 2.89. The van der Waals surface area contributed by atoms with Gasteiger partial charge in [0.25, 0.3) is 5.91 Å². The fourth-order valence-corrected chi connectivity index (χ4v) is 1.92. The van der Waals surface area contributed by atoms with Crippen LogP contribution in [-0.4, -0.2) is 22.0 Å². The third kappa shape index (κ3) is 3.70. The van der Waals surface area contributed by atoms with Crippen molar-refractivity contribution in [1.82, 2.24) is 14.9 Å². The first-order chi connectivity index (χ1) is 9.47. The van der Waals surface area contributed by atoms with E-state index in [0.29, 0.717) is 12.1 Å². The molecular formula is C16H21N3O. The monoisotopic (exact) mass is 271 g/mol. The molecule has 0 unspecified atom stereocenters. The molecule has 0 spiro atoms. The van der Waals surface area contributed by atoms with Gasteiger partial charge >= 0.3 is 0 Å². The third-order valence-corrected chi connectivity index (χ3v) is 3.18. The number of hydrogen-bond donors (Lipinski definition) is 1. The van der Waals surface area contributed by atoms with Crippen LogP contribution in [0.5, 0.6) is 0 Å². The molecule has 0 aliphatic rings. The molecule has 20 heavy (non-hydrogen) atoms. The first-order valence-corrected chi connectivity index (χ1v) is 6.82. The van der Waals surface area contributed by atoms with Crippen LogP contribution < -0.4 is 5.32 Å². The second-order valence-corrected chi connectivity index (χ2v) is 5.84. The molecule has 0 saturated heterocycles. The van der Waals surface area contributed by atoms with Crippen molar-refractivity contribution in [3.8, 4) is 0 Å². The van der Waals surface area contributed by atoms with Gasteiger partial charge in [-0.15, -0.1) is 0 Å². The molecule has 0 aromatic carbocycles. The van der Waals surface area contributed by atoms with Crippen LogP contribution in [0.4, 0.5) is 0 Å². The van der Waals surface area contributed by atoms with Gasteiger partial charge in [-0.3, -0.25) is 9.78 Å². The first kappa shape index (κ1) is 14.3. The molecule has 0 saturated carbocycles. The highest BCUT2D eigenvalue weighted by molar-refractivity contribution is 5.94. The molecule has 2 rings (SSSR count). The van der Waals surface area contributed by atoms with Crippen molar-refractivity contribution in [1.29, 1.82) is 0 Å². The summed E-state index contributed by atoms with van der Waals surface area (Å²) < 4.78 is 2.05. The van der Waals surface area contributed by atoms with Crippen molar-refractivity contribution in [2.24, 2.45) is 0 Å². The number of carbonyl (C=O) groups is 1. The highest BCUT2D eigenvalue weighted by Crippen LogP contribution is 2.15. The zero-order chi connectivity index (χ0) is 14.6. The number of nitrogens with zero attached hydrogens (tertiary/aromatic N) is 2. The zero-order valence-corrected chi connectivity index (χ0v) is 12.3. The SMILES string of the molecule is CC(C)(C)n1ccc(C(=O)NCCc2ccncc2)c1. The fourth-order valence-electron chi connectivity index (χ4n) is 1.92. The molecule has 0 radical (unpaired) electrons. The van der Waals surface area contributed by atoms with Crippen LogP contribution in [0, 0.1) is 0 Å². The number of rotatable bonds is 4. The Morgan fingerprint density at radius 3 is 2.55 bits per heavy atom. The Labute approximate surface area is 119 Å². The number of aromatic nitrogens is 2. The molecule has 106 valence electrons. The van der Waals surface area contributed by atoms with E-state index in [4.69, 9.17) is 0 Å². The standard InChI is InChI=1S/C16H21N3O/c1-16(2,3)19-11-7-14(12-19)15(20)18-10-6-13-4-8-17-9-5-13/h4-5,7-9,11-12H,6,10H2,1-3H3,(H,18,20). The zero-order valence-electron chi connectivity index (χ0n) is 12.3. The van der Waals surface area contributed by atoms with Crippen LogP contribution in [0.15, 0.2) is 43.0 Å². The molecule has 0 aliphatic heterocycles. The largest absolute Gasteiger partial charge is 0.352 e. The van der Waals surface area contributed by atoms with E-state index in [1.807, 2.05) is 35.2 Å². The van der Waals surface area contributed by atoms with Gasteiger partial charge in [0, 0.05) is 36.9 Å². The van der Waals surface area contributed by atoms with Crippen LogP contribution in [0.3, 0.4) is 0 Å². The quantitative estimate of drug-likeness (QED) is 0.929. The Hall–Kier alpha value is -2.10. The maximum absolute atomic E-state index is 12.0. The fraction of sp³-hybridized carbons (Fsp3) is 0.375. The lowest BCUT2D eigenvalue weighted by molar-refractivity contribution is 0.0954. The number of pyridine rings is 1. The predicted octanol–water partition coefficient (Wildman–Crippen LogP) is 2.61. The first-order valence-electron chi connectivity index (χ1n) is 6.82. The van der Waals surface area contributed by atoms with Crippen molar-refractivity contribution < 1.29 is 4.79 Å². The Bertz CT molecular complexity index is 567. The van der Waals surface area contributed by atoms with Crippen molar-refractivity contribution in [2.75, 3.05) is 6.54 Å². The van der Waals surface area contributed by atoms with E-state index in [9.17, 15) is 4.79 Å². The highest BCUT2D eigenvalue weighted by Gasteiger charge is 2.14. The van der Waals surface area contributed by atoms with E-state index >= 15 is 0 Å². The summed E-state index contributed by atoms with van der Waals surface area (Å²) in [5.41, 5.74) is 1.87. The topological polar surface area (TPSA) is 46.9 Å². The Morgan fingerprint density at radius 2 is 1.95 bits per heavy atom. The van der Waals surface area contributed by atoms with Gasteiger partial charge in [-0.25, -0.2) is 0 Å². The van der Waals surface area contributed by atoms with Gasteiger partial charge in [-0.2, -0.15) is 0 Å².